The molecule has 0 saturated heterocycles. The van der Waals surface area contributed by atoms with Crippen molar-refractivity contribution in [2.75, 3.05) is 20.1 Å². The van der Waals surface area contributed by atoms with Gasteiger partial charge in [0.05, 0.1) is 0 Å². The lowest BCUT2D eigenvalue weighted by Crippen LogP contribution is -2.31. The molecular weight excluding hydrogens is 252 g/mol. The summed E-state index contributed by atoms with van der Waals surface area (Å²) in [6.45, 7) is 0.932. The molecule has 0 unspecified atom stereocenters. The number of likely N-dealkylation sites (N-methyl/N-ethyl adjacent to an activating group) is 1. The van der Waals surface area contributed by atoms with Gasteiger partial charge in [-0.15, -0.1) is 0 Å². The summed E-state index contributed by atoms with van der Waals surface area (Å²) in [6, 6.07) is 6.66. The highest BCUT2D eigenvalue weighted by Crippen LogP contribution is 2.12. The van der Waals surface area contributed by atoms with Crippen molar-refractivity contribution in [1.29, 1.82) is 0 Å². The van der Waals surface area contributed by atoms with Gasteiger partial charge in [-0.3, -0.25) is 9.59 Å². The number of ketones is 1. The molecule has 0 aliphatic heterocycles. The van der Waals surface area contributed by atoms with E-state index in [9.17, 15) is 9.59 Å². The second-order valence-electron chi connectivity index (χ2n) is 4.03. The highest BCUT2D eigenvalue weighted by molar-refractivity contribution is 6.30. The third kappa shape index (κ3) is 4.47. The summed E-state index contributed by atoms with van der Waals surface area (Å²) in [5.41, 5.74) is 5.93. The van der Waals surface area contributed by atoms with Crippen molar-refractivity contribution in [3.63, 3.8) is 0 Å². The minimum absolute atomic E-state index is 0.0545. The van der Waals surface area contributed by atoms with E-state index in [-0.39, 0.29) is 24.5 Å². The Bertz CT molecular complexity index is 418. The molecule has 0 spiro atoms. The van der Waals surface area contributed by atoms with Gasteiger partial charge in [-0.25, -0.2) is 0 Å². The first-order valence-corrected chi connectivity index (χ1v) is 6.15. The Balaban J connectivity index is 2.46. The first kappa shape index (κ1) is 14.7. The van der Waals surface area contributed by atoms with Gasteiger partial charge in [-0.1, -0.05) is 11.6 Å². The van der Waals surface area contributed by atoms with E-state index in [4.69, 9.17) is 17.3 Å². The van der Waals surface area contributed by atoms with Crippen LogP contribution in [0.5, 0.6) is 0 Å². The summed E-state index contributed by atoms with van der Waals surface area (Å²) in [6.07, 6.45) is 0.410. The second-order valence-corrected chi connectivity index (χ2v) is 4.47. The summed E-state index contributed by atoms with van der Waals surface area (Å²) in [5, 5.41) is 0.588. The van der Waals surface area contributed by atoms with Crippen LogP contribution in [0.25, 0.3) is 0 Å². The molecule has 18 heavy (non-hydrogen) atoms. The van der Waals surface area contributed by atoms with Crippen LogP contribution in [0, 0.1) is 0 Å². The molecule has 0 fully saturated rings. The highest BCUT2D eigenvalue weighted by atomic mass is 35.5. The van der Waals surface area contributed by atoms with Gasteiger partial charge < -0.3 is 10.6 Å². The molecule has 0 heterocycles. The molecule has 1 aromatic carbocycles. The summed E-state index contributed by atoms with van der Waals surface area (Å²) in [7, 11) is 1.68. The summed E-state index contributed by atoms with van der Waals surface area (Å²) < 4.78 is 0. The molecule has 5 heteroatoms. The number of rotatable bonds is 6. The number of nitrogens with zero attached hydrogens (tertiary/aromatic N) is 1. The van der Waals surface area contributed by atoms with E-state index in [1.165, 1.54) is 4.90 Å². The van der Waals surface area contributed by atoms with Gasteiger partial charge in [0.1, 0.15) is 0 Å². The zero-order valence-corrected chi connectivity index (χ0v) is 11.1. The molecule has 1 amide bonds. The fourth-order valence-electron chi connectivity index (χ4n) is 1.51. The summed E-state index contributed by atoms with van der Waals surface area (Å²) in [4.78, 5) is 25.0. The van der Waals surface area contributed by atoms with Crippen LogP contribution in [0.3, 0.4) is 0 Å². The fourth-order valence-corrected chi connectivity index (χ4v) is 1.64. The predicted octanol–water partition coefficient (Wildman–Crippen LogP) is 1.72. The van der Waals surface area contributed by atoms with Crippen LogP contribution >= 0.6 is 11.6 Å². The maximum absolute atomic E-state index is 11.8. The minimum Gasteiger partial charge on any atom is -0.344 e. The van der Waals surface area contributed by atoms with E-state index in [0.717, 1.165) is 0 Å². The Kier molecular flexibility index (Phi) is 5.82. The molecule has 1 rings (SSSR count). The monoisotopic (exact) mass is 268 g/mol. The van der Waals surface area contributed by atoms with Crippen molar-refractivity contribution in [3.8, 4) is 0 Å². The van der Waals surface area contributed by atoms with Gasteiger partial charge >= 0.3 is 0 Å². The Morgan fingerprint density at radius 1 is 1.22 bits per heavy atom. The third-order valence-electron chi connectivity index (χ3n) is 2.62. The maximum Gasteiger partial charge on any atom is 0.222 e. The number of carbonyl (C=O) groups excluding carboxylic acids is 2. The highest BCUT2D eigenvalue weighted by Gasteiger charge is 2.12. The Labute approximate surface area is 112 Å². The van der Waals surface area contributed by atoms with Gasteiger partial charge in [-0.2, -0.15) is 0 Å². The number of benzene rings is 1. The average Bonchev–Trinajstić information content (AvgIpc) is 2.36. The van der Waals surface area contributed by atoms with E-state index in [1.54, 1.807) is 31.3 Å². The second kappa shape index (κ2) is 7.13. The quantitative estimate of drug-likeness (QED) is 0.799. The Hall–Kier alpha value is -1.39. The number of amides is 1. The lowest BCUT2D eigenvalue weighted by molar-refractivity contribution is -0.129. The fraction of sp³-hybridized carbons (Fsp3) is 0.385. The molecule has 2 N–H and O–H groups in total. The van der Waals surface area contributed by atoms with Crippen LogP contribution in [0.15, 0.2) is 24.3 Å². The number of hydrogen-bond acceptors (Lipinski definition) is 3. The third-order valence-corrected chi connectivity index (χ3v) is 2.87. The van der Waals surface area contributed by atoms with Crippen LogP contribution < -0.4 is 5.73 Å². The van der Waals surface area contributed by atoms with Crippen molar-refractivity contribution in [1.82, 2.24) is 4.90 Å². The Morgan fingerprint density at radius 3 is 2.39 bits per heavy atom. The first-order chi connectivity index (χ1) is 8.54. The van der Waals surface area contributed by atoms with Gasteiger partial charge in [0, 0.05) is 43.6 Å². The van der Waals surface area contributed by atoms with Crippen LogP contribution in [0.4, 0.5) is 0 Å². The first-order valence-electron chi connectivity index (χ1n) is 5.77. The lowest BCUT2D eigenvalue weighted by atomic mass is 10.1. The molecule has 0 bridgehead atoms. The van der Waals surface area contributed by atoms with Crippen molar-refractivity contribution in [2.45, 2.75) is 12.8 Å². The topological polar surface area (TPSA) is 63.4 Å². The maximum atomic E-state index is 11.8. The smallest absolute Gasteiger partial charge is 0.222 e. The molecule has 0 aromatic heterocycles. The molecule has 1 aromatic rings. The molecule has 4 nitrogen and oxygen atoms in total. The van der Waals surface area contributed by atoms with E-state index in [1.807, 2.05) is 0 Å². The Morgan fingerprint density at radius 2 is 1.83 bits per heavy atom. The number of Topliss-reactive ketones (excluding diaryl/α,β-unsaturated/α-hetero) is 1. The standard InChI is InChI=1S/C13H17ClN2O2/c1-16(9-8-15)13(18)7-6-12(17)10-2-4-11(14)5-3-10/h2-5H,6-9,15H2,1H3. The lowest BCUT2D eigenvalue weighted by Gasteiger charge is -2.15. The van der Waals surface area contributed by atoms with Gasteiger partial charge in [0.2, 0.25) is 5.91 Å². The molecule has 98 valence electrons. The van der Waals surface area contributed by atoms with Crippen LogP contribution in [-0.2, 0) is 4.79 Å². The van der Waals surface area contributed by atoms with Crippen LogP contribution in [0.2, 0.25) is 5.02 Å². The number of hydrogen-bond donors (Lipinski definition) is 1. The number of halogens is 1. The van der Waals surface area contributed by atoms with E-state index >= 15 is 0 Å². The molecule has 0 saturated carbocycles. The van der Waals surface area contributed by atoms with Crippen molar-refractivity contribution >= 4 is 23.3 Å². The molecule has 0 radical (unpaired) electrons. The zero-order chi connectivity index (χ0) is 13.5. The number of carbonyl (C=O) groups is 2. The van der Waals surface area contributed by atoms with Crippen LogP contribution in [-0.4, -0.2) is 36.7 Å². The van der Waals surface area contributed by atoms with Crippen molar-refractivity contribution in [3.05, 3.63) is 34.9 Å². The normalized spacial score (nSPS) is 10.2. The zero-order valence-electron chi connectivity index (χ0n) is 10.4. The average molecular weight is 269 g/mol. The molecule has 0 aliphatic carbocycles. The SMILES string of the molecule is CN(CCN)C(=O)CCC(=O)c1ccc(Cl)cc1. The molecule has 0 atom stereocenters. The predicted molar refractivity (Wildman–Crippen MR) is 71.7 cm³/mol. The summed E-state index contributed by atoms with van der Waals surface area (Å²) >= 11 is 5.74. The van der Waals surface area contributed by atoms with Crippen LogP contribution in [0.1, 0.15) is 23.2 Å². The van der Waals surface area contributed by atoms with Gasteiger partial charge in [-0.05, 0) is 24.3 Å². The van der Waals surface area contributed by atoms with Crippen molar-refractivity contribution < 1.29 is 9.59 Å². The largest absolute Gasteiger partial charge is 0.344 e. The van der Waals surface area contributed by atoms with Crippen molar-refractivity contribution in [2.24, 2.45) is 5.73 Å². The summed E-state index contributed by atoms with van der Waals surface area (Å²) in [5.74, 6) is -0.121. The van der Waals surface area contributed by atoms with Gasteiger partial charge in [0.15, 0.2) is 5.78 Å². The van der Waals surface area contributed by atoms with E-state index in [0.29, 0.717) is 23.7 Å². The minimum atomic E-state index is -0.0669. The van der Waals surface area contributed by atoms with Gasteiger partial charge in [0.25, 0.3) is 0 Å². The molecule has 0 aliphatic rings. The van der Waals surface area contributed by atoms with E-state index < -0.39 is 0 Å². The molecular formula is C13H17ClN2O2. The van der Waals surface area contributed by atoms with E-state index in [2.05, 4.69) is 0 Å². The number of nitrogens with two attached hydrogens (primary N) is 1.